The molecule has 0 radical (unpaired) electrons. The summed E-state index contributed by atoms with van der Waals surface area (Å²) >= 11 is 6.11. The number of benzene rings is 1. The number of methoxy groups -OCH3 is 1. The molecule has 9 heteroatoms. The lowest BCUT2D eigenvalue weighted by Gasteiger charge is -2.13. The van der Waals surface area contributed by atoms with Gasteiger partial charge in [-0.2, -0.15) is 0 Å². The van der Waals surface area contributed by atoms with Crippen LogP contribution in [0.3, 0.4) is 0 Å². The van der Waals surface area contributed by atoms with Gasteiger partial charge in [-0.3, -0.25) is 0 Å². The van der Waals surface area contributed by atoms with E-state index in [1.54, 1.807) is 18.2 Å². The summed E-state index contributed by atoms with van der Waals surface area (Å²) in [5.74, 6) is 5.54. The average Bonchev–Trinajstić information content (AvgIpc) is 2.55. The van der Waals surface area contributed by atoms with Gasteiger partial charge in [-0.05, 0) is 18.2 Å². The second-order valence-electron chi connectivity index (χ2n) is 4.54. The number of rotatable bonds is 5. The molecule has 0 fully saturated rings. The van der Waals surface area contributed by atoms with Gasteiger partial charge in [-0.25, -0.2) is 15.6 Å². The Bertz CT molecular complexity index is 739. The molecule has 0 saturated heterocycles. The molecule has 0 bridgehead atoms. The maximum atomic E-state index is 11.6. The Labute approximate surface area is 137 Å². The minimum atomic E-state index is -0.467. The number of nitrogen functional groups attached to an aromatic ring is 3. The van der Waals surface area contributed by atoms with Crippen LogP contribution in [0.4, 0.5) is 17.3 Å². The first kappa shape index (κ1) is 16.7. The zero-order valence-corrected chi connectivity index (χ0v) is 13.1. The summed E-state index contributed by atoms with van der Waals surface area (Å²) < 4.78 is 10.3. The number of hydrazine groups is 1. The van der Waals surface area contributed by atoms with Crippen LogP contribution in [0.25, 0.3) is 0 Å². The van der Waals surface area contributed by atoms with Crippen molar-refractivity contribution in [3.8, 4) is 5.75 Å². The number of carbonyl (C=O) groups is 1. The van der Waals surface area contributed by atoms with Crippen molar-refractivity contribution >= 4 is 34.9 Å². The van der Waals surface area contributed by atoms with E-state index in [0.29, 0.717) is 21.9 Å². The Morgan fingerprint density at radius 1 is 1.35 bits per heavy atom. The van der Waals surface area contributed by atoms with Crippen molar-refractivity contribution in [2.45, 2.75) is 6.61 Å². The van der Waals surface area contributed by atoms with Crippen LogP contribution in [0.2, 0.25) is 5.02 Å². The van der Waals surface area contributed by atoms with Gasteiger partial charge >= 0.3 is 5.97 Å². The van der Waals surface area contributed by atoms with Gasteiger partial charge < -0.3 is 26.4 Å². The molecule has 0 aliphatic carbocycles. The number of carbonyl (C=O) groups excluding carboxylic acids is 1. The van der Waals surface area contributed by atoms with E-state index in [0.717, 1.165) is 0 Å². The SMILES string of the molecule is COC(=O)c1ccc(Cl)c(COc2cc(N)nc(NN)c2N)c1. The maximum Gasteiger partial charge on any atom is 0.337 e. The van der Waals surface area contributed by atoms with Crippen molar-refractivity contribution in [2.75, 3.05) is 24.0 Å². The zero-order valence-electron chi connectivity index (χ0n) is 12.3. The third-order valence-corrected chi connectivity index (χ3v) is 3.40. The molecule has 122 valence electrons. The van der Waals surface area contributed by atoms with E-state index in [1.165, 1.54) is 13.2 Å². The van der Waals surface area contributed by atoms with Crippen molar-refractivity contribution in [1.29, 1.82) is 0 Å². The monoisotopic (exact) mass is 337 g/mol. The van der Waals surface area contributed by atoms with Crippen molar-refractivity contribution in [1.82, 2.24) is 4.98 Å². The van der Waals surface area contributed by atoms with E-state index in [1.807, 2.05) is 0 Å². The molecule has 0 spiro atoms. The summed E-state index contributed by atoms with van der Waals surface area (Å²) in [4.78, 5) is 15.5. The molecule has 2 rings (SSSR count). The first-order valence-electron chi connectivity index (χ1n) is 6.48. The Kier molecular flexibility index (Phi) is 5.09. The molecule has 8 nitrogen and oxygen atoms in total. The molecule has 2 aromatic rings. The minimum Gasteiger partial charge on any atom is -0.486 e. The Hall–Kier alpha value is -2.71. The first-order chi connectivity index (χ1) is 11.0. The summed E-state index contributed by atoms with van der Waals surface area (Å²) in [6.45, 7) is 0.0708. The summed E-state index contributed by atoms with van der Waals surface area (Å²) in [7, 11) is 1.30. The molecule has 23 heavy (non-hydrogen) atoms. The predicted octanol–water partition coefficient (Wildman–Crippen LogP) is 1.55. The lowest BCUT2D eigenvalue weighted by molar-refractivity contribution is 0.0600. The average molecular weight is 338 g/mol. The van der Waals surface area contributed by atoms with Gasteiger partial charge in [0.05, 0.1) is 12.7 Å². The van der Waals surface area contributed by atoms with Gasteiger partial charge in [0.2, 0.25) is 0 Å². The summed E-state index contributed by atoms with van der Waals surface area (Å²) in [5.41, 5.74) is 15.0. The van der Waals surface area contributed by atoms with E-state index in [4.69, 9.17) is 33.6 Å². The van der Waals surface area contributed by atoms with E-state index in [2.05, 4.69) is 15.1 Å². The fraction of sp³-hybridized carbons (Fsp3) is 0.143. The van der Waals surface area contributed by atoms with Crippen LogP contribution in [0, 0.1) is 0 Å². The first-order valence-corrected chi connectivity index (χ1v) is 6.86. The number of ether oxygens (including phenoxy) is 2. The van der Waals surface area contributed by atoms with Gasteiger partial charge in [0.15, 0.2) is 5.82 Å². The van der Waals surface area contributed by atoms with Crippen LogP contribution in [-0.4, -0.2) is 18.1 Å². The number of hydrogen-bond acceptors (Lipinski definition) is 8. The molecule has 1 aromatic heterocycles. The minimum absolute atomic E-state index is 0.0708. The van der Waals surface area contributed by atoms with Crippen LogP contribution < -0.4 is 27.5 Å². The van der Waals surface area contributed by atoms with Crippen molar-refractivity contribution < 1.29 is 14.3 Å². The summed E-state index contributed by atoms with van der Waals surface area (Å²) in [6, 6.07) is 6.20. The maximum absolute atomic E-state index is 11.6. The highest BCUT2D eigenvalue weighted by molar-refractivity contribution is 6.31. The topological polar surface area (TPSA) is 139 Å². The van der Waals surface area contributed by atoms with Crippen LogP contribution in [-0.2, 0) is 11.3 Å². The fourth-order valence-electron chi connectivity index (χ4n) is 1.87. The van der Waals surface area contributed by atoms with Crippen LogP contribution >= 0.6 is 11.6 Å². The van der Waals surface area contributed by atoms with Gasteiger partial charge in [-0.15, -0.1) is 0 Å². The number of nitrogens with one attached hydrogen (secondary N) is 1. The summed E-state index contributed by atoms with van der Waals surface area (Å²) in [6.07, 6.45) is 0. The lowest BCUT2D eigenvalue weighted by Crippen LogP contribution is -2.13. The molecule has 1 heterocycles. The van der Waals surface area contributed by atoms with Crippen LogP contribution in [0.15, 0.2) is 24.3 Å². The normalized spacial score (nSPS) is 10.2. The largest absolute Gasteiger partial charge is 0.486 e. The lowest BCUT2D eigenvalue weighted by atomic mass is 10.1. The smallest absolute Gasteiger partial charge is 0.337 e. The number of halogens is 1. The number of aromatic nitrogens is 1. The standard InChI is InChI=1S/C14H16ClN5O3/c1-22-14(21)7-2-3-9(15)8(4-7)6-23-10-5-11(16)19-13(20-18)12(10)17/h2-5H,6,17-18H2,1H3,(H3,16,19,20). The second kappa shape index (κ2) is 7.03. The van der Waals surface area contributed by atoms with Gasteiger partial charge in [-0.1, -0.05) is 11.6 Å². The summed E-state index contributed by atoms with van der Waals surface area (Å²) in [5, 5.41) is 0.440. The fourth-order valence-corrected chi connectivity index (χ4v) is 2.04. The highest BCUT2D eigenvalue weighted by Gasteiger charge is 2.12. The van der Waals surface area contributed by atoms with Crippen molar-refractivity contribution in [3.05, 3.63) is 40.4 Å². The van der Waals surface area contributed by atoms with E-state index in [-0.39, 0.29) is 23.9 Å². The third-order valence-electron chi connectivity index (χ3n) is 3.03. The van der Waals surface area contributed by atoms with Gasteiger partial charge in [0, 0.05) is 16.7 Å². The predicted molar refractivity (Wildman–Crippen MR) is 88.0 cm³/mol. The molecule has 0 aliphatic heterocycles. The Morgan fingerprint density at radius 2 is 2.09 bits per heavy atom. The van der Waals surface area contributed by atoms with Gasteiger partial charge in [0.1, 0.15) is 23.9 Å². The number of nitrogens with two attached hydrogens (primary N) is 3. The molecule has 1 aromatic carbocycles. The molecule has 0 atom stereocenters. The van der Waals surface area contributed by atoms with E-state index in [9.17, 15) is 4.79 Å². The number of nitrogens with zero attached hydrogens (tertiary/aromatic N) is 1. The molecular formula is C14H16ClN5O3. The quantitative estimate of drug-likeness (QED) is 0.366. The third kappa shape index (κ3) is 3.74. The van der Waals surface area contributed by atoms with E-state index < -0.39 is 5.97 Å². The Balaban J connectivity index is 2.24. The number of anilines is 3. The number of hydrogen-bond donors (Lipinski definition) is 4. The molecule has 0 saturated carbocycles. The zero-order chi connectivity index (χ0) is 17.0. The van der Waals surface area contributed by atoms with Gasteiger partial charge in [0.25, 0.3) is 0 Å². The highest BCUT2D eigenvalue weighted by Crippen LogP contribution is 2.30. The van der Waals surface area contributed by atoms with E-state index >= 15 is 0 Å². The molecule has 0 unspecified atom stereocenters. The van der Waals surface area contributed by atoms with Crippen LogP contribution in [0.5, 0.6) is 5.75 Å². The number of pyridine rings is 1. The number of esters is 1. The highest BCUT2D eigenvalue weighted by atomic mass is 35.5. The molecular weight excluding hydrogens is 322 g/mol. The van der Waals surface area contributed by atoms with Crippen molar-refractivity contribution in [3.63, 3.8) is 0 Å². The molecule has 0 amide bonds. The molecule has 0 aliphatic rings. The second-order valence-corrected chi connectivity index (χ2v) is 4.95. The molecule has 7 N–H and O–H groups in total. The van der Waals surface area contributed by atoms with Crippen molar-refractivity contribution in [2.24, 2.45) is 5.84 Å². The van der Waals surface area contributed by atoms with Crippen LogP contribution in [0.1, 0.15) is 15.9 Å². The Morgan fingerprint density at radius 3 is 2.74 bits per heavy atom.